The van der Waals surface area contributed by atoms with Gasteiger partial charge in [0.2, 0.25) is 0 Å². The van der Waals surface area contributed by atoms with Gasteiger partial charge in [0.1, 0.15) is 0 Å². The fourth-order valence-corrected chi connectivity index (χ4v) is 9.82. The van der Waals surface area contributed by atoms with Crippen LogP contribution >= 0.6 is 11.3 Å². The normalized spacial score (nSPS) is 13.8. The molecular formula is C52H35N3S. The van der Waals surface area contributed by atoms with Crippen LogP contribution in [0.3, 0.4) is 0 Å². The second kappa shape index (κ2) is 13.2. The summed E-state index contributed by atoms with van der Waals surface area (Å²) in [6.07, 6.45) is 5.66. The molecule has 0 fully saturated rings. The number of aromatic nitrogens is 3. The Bertz CT molecular complexity index is 3210. The van der Waals surface area contributed by atoms with E-state index < -0.39 is 0 Å². The highest BCUT2D eigenvalue weighted by atomic mass is 32.1. The van der Waals surface area contributed by atoms with Crippen molar-refractivity contribution in [2.24, 2.45) is 5.92 Å². The van der Waals surface area contributed by atoms with Crippen molar-refractivity contribution < 1.29 is 0 Å². The maximum Gasteiger partial charge on any atom is 0.165 e. The van der Waals surface area contributed by atoms with Crippen molar-refractivity contribution in [1.29, 1.82) is 0 Å². The molecule has 10 aromatic rings. The van der Waals surface area contributed by atoms with Gasteiger partial charge < -0.3 is 0 Å². The first-order chi connectivity index (χ1) is 27.7. The zero-order valence-electron chi connectivity index (χ0n) is 30.8. The molecule has 1 unspecified atom stereocenters. The van der Waals surface area contributed by atoms with Gasteiger partial charge in [-0.25, -0.2) is 15.0 Å². The molecule has 11 rings (SSSR count). The number of hydrogen-bond donors (Lipinski definition) is 0. The summed E-state index contributed by atoms with van der Waals surface area (Å²) in [4.78, 5) is 17.5. The standard InChI is InChI=1S/C52H35N3S/c1-32-25-28-48-47(29-32)42-23-12-24-45(49(42)56-48)52-54-50(43-21-10-6-17-38(43)36-27-26-33-13-2-3-14-34(33)30-36)53-51(55-52)44-22-11-9-20-41(44)46-31-35-15-4-5-16-37(35)39-18-7-8-19-40(39)46/h2-28,30-32H,29H2,1H3. The molecule has 0 N–H and O–H groups in total. The smallest absolute Gasteiger partial charge is 0.165 e. The number of fused-ring (bicyclic) bond motifs is 7. The zero-order valence-corrected chi connectivity index (χ0v) is 31.6. The van der Waals surface area contributed by atoms with E-state index in [1.807, 2.05) is 11.3 Å². The Balaban J connectivity index is 1.17. The van der Waals surface area contributed by atoms with Gasteiger partial charge in [-0.2, -0.15) is 0 Å². The van der Waals surface area contributed by atoms with E-state index in [2.05, 4.69) is 183 Å². The fraction of sp³-hybridized carbons (Fsp3) is 0.0577. The Hall–Kier alpha value is -6.75. The number of benzene rings is 8. The molecule has 1 aliphatic carbocycles. The Morgan fingerprint density at radius 1 is 0.446 bits per heavy atom. The lowest BCUT2D eigenvalue weighted by Gasteiger charge is -2.16. The molecule has 0 radical (unpaired) electrons. The Morgan fingerprint density at radius 3 is 1.80 bits per heavy atom. The maximum atomic E-state index is 5.41. The summed E-state index contributed by atoms with van der Waals surface area (Å²) >= 11 is 1.84. The molecule has 1 aliphatic rings. The monoisotopic (exact) mass is 733 g/mol. The highest BCUT2D eigenvalue weighted by Gasteiger charge is 2.23. The molecule has 0 saturated carbocycles. The van der Waals surface area contributed by atoms with E-state index in [-0.39, 0.29) is 0 Å². The van der Waals surface area contributed by atoms with E-state index in [9.17, 15) is 0 Å². The molecule has 4 heteroatoms. The number of thiophene rings is 1. The summed E-state index contributed by atoms with van der Waals surface area (Å²) in [5.74, 6) is 2.49. The van der Waals surface area contributed by atoms with Gasteiger partial charge >= 0.3 is 0 Å². The van der Waals surface area contributed by atoms with E-state index in [0.717, 1.165) is 45.4 Å². The van der Waals surface area contributed by atoms with E-state index in [1.54, 1.807) is 0 Å². The van der Waals surface area contributed by atoms with Crippen molar-refractivity contribution in [2.45, 2.75) is 13.3 Å². The molecule has 264 valence electrons. The van der Waals surface area contributed by atoms with E-state index in [1.165, 1.54) is 52.8 Å². The first kappa shape index (κ1) is 32.7. The summed E-state index contributed by atoms with van der Waals surface area (Å²) in [5, 5.41) is 8.59. The van der Waals surface area contributed by atoms with Gasteiger partial charge in [0.15, 0.2) is 17.5 Å². The SMILES string of the molecule is CC1C=Cc2sc3c(-c4nc(-c5ccccc5-c5ccc6ccccc6c5)nc(-c5ccccc5-c5cc6ccccc6c6ccccc56)n4)cccc3c2C1. The van der Waals surface area contributed by atoms with Crippen molar-refractivity contribution in [3.8, 4) is 56.4 Å². The topological polar surface area (TPSA) is 38.7 Å². The molecule has 0 bridgehead atoms. The number of nitrogens with zero attached hydrogens (tertiary/aromatic N) is 3. The molecule has 0 spiro atoms. The van der Waals surface area contributed by atoms with Crippen LogP contribution in [0.1, 0.15) is 17.4 Å². The lowest BCUT2D eigenvalue weighted by molar-refractivity contribution is 0.724. The second-order valence-corrected chi connectivity index (χ2v) is 15.9. The Morgan fingerprint density at radius 2 is 1.02 bits per heavy atom. The minimum Gasteiger partial charge on any atom is -0.208 e. The molecule has 0 amide bonds. The highest BCUT2D eigenvalue weighted by molar-refractivity contribution is 7.20. The van der Waals surface area contributed by atoms with Crippen molar-refractivity contribution in [3.63, 3.8) is 0 Å². The molecule has 1 atom stereocenters. The first-order valence-corrected chi connectivity index (χ1v) is 20.1. The van der Waals surface area contributed by atoms with Crippen LogP contribution < -0.4 is 0 Å². The molecule has 8 aromatic carbocycles. The molecular weight excluding hydrogens is 699 g/mol. The minimum absolute atomic E-state index is 0.508. The van der Waals surface area contributed by atoms with Crippen LogP contribution in [0, 0.1) is 5.92 Å². The number of hydrogen-bond acceptors (Lipinski definition) is 4. The average Bonchev–Trinajstić information content (AvgIpc) is 3.64. The predicted molar refractivity (Wildman–Crippen MR) is 237 cm³/mol. The molecule has 0 aliphatic heterocycles. The lowest BCUT2D eigenvalue weighted by atomic mass is 9.91. The molecule has 56 heavy (non-hydrogen) atoms. The van der Waals surface area contributed by atoms with Crippen LogP contribution in [-0.4, -0.2) is 15.0 Å². The third-order valence-corrected chi connectivity index (χ3v) is 12.5. The van der Waals surface area contributed by atoms with E-state index >= 15 is 0 Å². The average molecular weight is 734 g/mol. The van der Waals surface area contributed by atoms with Gasteiger partial charge in [0.05, 0.1) is 0 Å². The highest BCUT2D eigenvalue weighted by Crippen LogP contribution is 2.44. The van der Waals surface area contributed by atoms with Gasteiger partial charge in [0.25, 0.3) is 0 Å². The zero-order chi connectivity index (χ0) is 37.2. The van der Waals surface area contributed by atoms with Crippen LogP contribution in [0.4, 0.5) is 0 Å². The fourth-order valence-electron chi connectivity index (χ4n) is 8.57. The van der Waals surface area contributed by atoms with Crippen molar-refractivity contribution in [1.82, 2.24) is 15.0 Å². The Labute approximate surface area is 329 Å². The third-order valence-electron chi connectivity index (χ3n) is 11.3. The lowest BCUT2D eigenvalue weighted by Crippen LogP contribution is -2.02. The minimum atomic E-state index is 0.508. The molecule has 2 heterocycles. The van der Waals surface area contributed by atoms with Gasteiger partial charge in [-0.3, -0.25) is 0 Å². The van der Waals surface area contributed by atoms with Crippen molar-refractivity contribution in [3.05, 3.63) is 180 Å². The predicted octanol–water partition coefficient (Wildman–Crippen LogP) is 14.1. The molecule has 0 saturated heterocycles. The number of rotatable bonds is 5. The van der Waals surface area contributed by atoms with E-state index in [0.29, 0.717) is 23.4 Å². The van der Waals surface area contributed by atoms with Crippen LogP contribution in [0.5, 0.6) is 0 Å². The van der Waals surface area contributed by atoms with Crippen LogP contribution in [0.25, 0.3) is 105 Å². The van der Waals surface area contributed by atoms with Crippen molar-refractivity contribution in [2.75, 3.05) is 0 Å². The maximum absolute atomic E-state index is 5.41. The first-order valence-electron chi connectivity index (χ1n) is 19.2. The summed E-state index contributed by atoms with van der Waals surface area (Å²) in [5.41, 5.74) is 8.84. The van der Waals surface area contributed by atoms with Crippen LogP contribution in [0.15, 0.2) is 170 Å². The van der Waals surface area contributed by atoms with Crippen molar-refractivity contribution >= 4 is 59.8 Å². The summed E-state index contributed by atoms with van der Waals surface area (Å²) in [6, 6.07) is 58.5. The Kier molecular flexibility index (Phi) is 7.71. The van der Waals surface area contributed by atoms with Gasteiger partial charge in [-0.05, 0) is 102 Å². The summed E-state index contributed by atoms with van der Waals surface area (Å²) in [7, 11) is 0. The van der Waals surface area contributed by atoms with Crippen LogP contribution in [0.2, 0.25) is 0 Å². The number of allylic oxidation sites excluding steroid dienone is 1. The van der Waals surface area contributed by atoms with Gasteiger partial charge in [-0.1, -0.05) is 159 Å². The van der Waals surface area contributed by atoms with Crippen LogP contribution in [-0.2, 0) is 6.42 Å². The van der Waals surface area contributed by atoms with E-state index in [4.69, 9.17) is 15.0 Å². The second-order valence-electron chi connectivity index (χ2n) is 14.8. The molecule has 2 aromatic heterocycles. The largest absolute Gasteiger partial charge is 0.208 e. The quantitative estimate of drug-likeness (QED) is 0.165. The van der Waals surface area contributed by atoms with Gasteiger partial charge in [0, 0.05) is 26.3 Å². The summed E-state index contributed by atoms with van der Waals surface area (Å²) in [6.45, 7) is 2.29. The van der Waals surface area contributed by atoms with Gasteiger partial charge in [-0.15, -0.1) is 11.3 Å². The summed E-state index contributed by atoms with van der Waals surface area (Å²) < 4.78 is 1.22. The molecule has 3 nitrogen and oxygen atoms in total. The third kappa shape index (κ3) is 5.44.